The summed E-state index contributed by atoms with van der Waals surface area (Å²) in [5.74, 6) is 0. The number of hydrogen-bond acceptors (Lipinski definition) is 3. The molecule has 0 amide bonds. The van der Waals surface area contributed by atoms with Crippen LogP contribution in [0.1, 0.15) is 0 Å². The molecular weight excluding hydrogens is 374 g/mol. The summed E-state index contributed by atoms with van der Waals surface area (Å²) in [5.41, 5.74) is 5.75. The highest BCUT2D eigenvalue weighted by atomic mass is 79.9. The average molecular weight is 388 g/mol. The topological polar surface area (TPSA) is 38.7 Å². The summed E-state index contributed by atoms with van der Waals surface area (Å²) in [6, 6.07) is 28.4. The van der Waals surface area contributed by atoms with Crippen LogP contribution in [0.4, 0.5) is 0 Å². The summed E-state index contributed by atoms with van der Waals surface area (Å²) in [4.78, 5) is 0. The molecule has 3 nitrogen and oxygen atoms in total. The van der Waals surface area contributed by atoms with E-state index in [0.717, 1.165) is 38.1 Å². The number of halogens is 1. The third-order valence-corrected chi connectivity index (χ3v) is 4.52. The normalized spacial score (nSPS) is 10.6. The van der Waals surface area contributed by atoms with E-state index in [9.17, 15) is 0 Å². The van der Waals surface area contributed by atoms with Gasteiger partial charge in [-0.3, -0.25) is 0 Å². The van der Waals surface area contributed by atoms with Crippen LogP contribution in [0.5, 0.6) is 0 Å². The average Bonchev–Trinajstić information content (AvgIpc) is 2.69. The maximum Gasteiger partial charge on any atom is 0.105 e. The minimum Gasteiger partial charge on any atom is -0.129 e. The van der Waals surface area contributed by atoms with E-state index in [2.05, 4.69) is 43.5 Å². The Hall–Kier alpha value is -2.85. The molecule has 4 aromatic rings. The first-order valence-electron chi connectivity index (χ1n) is 7.93. The SMILES string of the molecule is Brc1ccc(-c2c(-c3ccccc3)nnnc2-c2ccccc2)cc1. The fourth-order valence-electron chi connectivity index (χ4n) is 2.81. The van der Waals surface area contributed by atoms with Crippen molar-refractivity contribution in [2.24, 2.45) is 0 Å². The number of hydrogen-bond donors (Lipinski definition) is 0. The van der Waals surface area contributed by atoms with Gasteiger partial charge in [0.2, 0.25) is 0 Å². The van der Waals surface area contributed by atoms with Gasteiger partial charge in [-0.2, -0.15) is 0 Å². The van der Waals surface area contributed by atoms with Gasteiger partial charge in [-0.05, 0) is 22.9 Å². The molecule has 0 unspecified atom stereocenters. The molecule has 0 spiro atoms. The fourth-order valence-corrected chi connectivity index (χ4v) is 3.07. The van der Waals surface area contributed by atoms with Crippen LogP contribution in [-0.2, 0) is 0 Å². The molecule has 1 aromatic heterocycles. The lowest BCUT2D eigenvalue weighted by Crippen LogP contribution is -2.00. The summed E-state index contributed by atoms with van der Waals surface area (Å²) in [7, 11) is 0. The monoisotopic (exact) mass is 387 g/mol. The molecule has 0 aliphatic carbocycles. The Labute approximate surface area is 154 Å². The van der Waals surface area contributed by atoms with Gasteiger partial charge in [0.05, 0.1) is 0 Å². The molecule has 1 heterocycles. The Morgan fingerprint density at radius 3 is 1.48 bits per heavy atom. The Balaban J connectivity index is 2.01. The van der Waals surface area contributed by atoms with Crippen molar-refractivity contribution in [3.63, 3.8) is 0 Å². The van der Waals surface area contributed by atoms with Gasteiger partial charge in [0.15, 0.2) is 0 Å². The summed E-state index contributed by atoms with van der Waals surface area (Å²) in [6.07, 6.45) is 0. The van der Waals surface area contributed by atoms with Crippen molar-refractivity contribution in [2.75, 3.05) is 0 Å². The predicted molar refractivity (Wildman–Crippen MR) is 104 cm³/mol. The van der Waals surface area contributed by atoms with Gasteiger partial charge >= 0.3 is 0 Å². The molecule has 4 rings (SSSR count). The molecule has 3 aromatic carbocycles. The van der Waals surface area contributed by atoms with Crippen LogP contribution in [0.2, 0.25) is 0 Å². The summed E-state index contributed by atoms with van der Waals surface area (Å²) in [5, 5.41) is 12.8. The standard InChI is InChI=1S/C21H14BrN3/c22-18-13-11-15(12-14-18)19-20(16-7-3-1-4-8-16)23-25-24-21(19)17-9-5-2-6-10-17/h1-14H. The first kappa shape index (κ1) is 15.7. The second kappa shape index (κ2) is 6.95. The molecule has 0 saturated heterocycles. The number of nitrogens with zero attached hydrogens (tertiary/aromatic N) is 3. The van der Waals surface area contributed by atoms with Crippen LogP contribution >= 0.6 is 15.9 Å². The van der Waals surface area contributed by atoms with Crippen LogP contribution in [0, 0.1) is 0 Å². The van der Waals surface area contributed by atoms with Crippen LogP contribution in [0.25, 0.3) is 33.6 Å². The van der Waals surface area contributed by atoms with Crippen molar-refractivity contribution >= 4 is 15.9 Å². The van der Waals surface area contributed by atoms with Gasteiger partial charge in [0.25, 0.3) is 0 Å². The Morgan fingerprint density at radius 2 is 1.00 bits per heavy atom. The largest absolute Gasteiger partial charge is 0.129 e. The number of rotatable bonds is 3. The second-order valence-corrected chi connectivity index (χ2v) is 6.52. The number of benzene rings is 3. The minimum absolute atomic E-state index is 0.830. The highest BCUT2D eigenvalue weighted by Crippen LogP contribution is 2.37. The lowest BCUT2D eigenvalue weighted by atomic mass is 9.95. The fraction of sp³-hybridized carbons (Fsp3) is 0. The van der Waals surface area contributed by atoms with Crippen molar-refractivity contribution in [2.45, 2.75) is 0 Å². The molecule has 0 aliphatic heterocycles. The molecular formula is C21H14BrN3. The van der Waals surface area contributed by atoms with Crippen LogP contribution in [-0.4, -0.2) is 15.4 Å². The van der Waals surface area contributed by atoms with Gasteiger partial charge in [0, 0.05) is 21.2 Å². The maximum absolute atomic E-state index is 4.36. The van der Waals surface area contributed by atoms with Crippen molar-refractivity contribution in [1.82, 2.24) is 15.4 Å². The molecule has 0 N–H and O–H groups in total. The molecule has 0 radical (unpaired) electrons. The lowest BCUT2D eigenvalue weighted by molar-refractivity contribution is 0.878. The van der Waals surface area contributed by atoms with Crippen molar-refractivity contribution < 1.29 is 0 Å². The summed E-state index contributed by atoms with van der Waals surface area (Å²) < 4.78 is 1.04. The smallest absolute Gasteiger partial charge is 0.105 e. The third-order valence-electron chi connectivity index (χ3n) is 3.99. The van der Waals surface area contributed by atoms with Crippen LogP contribution in [0.15, 0.2) is 89.4 Å². The summed E-state index contributed by atoms with van der Waals surface area (Å²) >= 11 is 3.50. The zero-order valence-electron chi connectivity index (χ0n) is 13.3. The van der Waals surface area contributed by atoms with E-state index in [-0.39, 0.29) is 0 Å². The second-order valence-electron chi connectivity index (χ2n) is 5.60. The van der Waals surface area contributed by atoms with Crippen LogP contribution < -0.4 is 0 Å². The molecule has 4 heteroatoms. The molecule has 120 valence electrons. The van der Waals surface area contributed by atoms with E-state index in [0.29, 0.717) is 0 Å². The van der Waals surface area contributed by atoms with Gasteiger partial charge in [-0.1, -0.05) is 88.7 Å². The molecule has 0 atom stereocenters. The zero-order valence-corrected chi connectivity index (χ0v) is 14.9. The van der Waals surface area contributed by atoms with Gasteiger partial charge in [0.1, 0.15) is 11.4 Å². The Morgan fingerprint density at radius 1 is 0.520 bits per heavy atom. The highest BCUT2D eigenvalue weighted by Gasteiger charge is 2.17. The van der Waals surface area contributed by atoms with E-state index in [1.807, 2.05) is 72.8 Å². The van der Waals surface area contributed by atoms with Crippen molar-refractivity contribution in [1.29, 1.82) is 0 Å². The number of aromatic nitrogens is 3. The van der Waals surface area contributed by atoms with Gasteiger partial charge < -0.3 is 0 Å². The molecule has 0 bridgehead atoms. The molecule has 25 heavy (non-hydrogen) atoms. The quantitative estimate of drug-likeness (QED) is 0.456. The first-order chi connectivity index (χ1) is 12.3. The van der Waals surface area contributed by atoms with E-state index < -0.39 is 0 Å². The van der Waals surface area contributed by atoms with E-state index in [1.165, 1.54) is 0 Å². The molecule has 0 saturated carbocycles. The van der Waals surface area contributed by atoms with E-state index in [1.54, 1.807) is 0 Å². The Kier molecular flexibility index (Phi) is 4.36. The van der Waals surface area contributed by atoms with Crippen molar-refractivity contribution in [3.8, 4) is 33.6 Å². The third kappa shape index (κ3) is 3.21. The van der Waals surface area contributed by atoms with Crippen molar-refractivity contribution in [3.05, 3.63) is 89.4 Å². The van der Waals surface area contributed by atoms with E-state index in [4.69, 9.17) is 0 Å². The highest BCUT2D eigenvalue weighted by molar-refractivity contribution is 9.10. The zero-order chi connectivity index (χ0) is 17.1. The van der Waals surface area contributed by atoms with E-state index >= 15 is 0 Å². The predicted octanol–water partition coefficient (Wildman–Crippen LogP) is 5.64. The summed E-state index contributed by atoms with van der Waals surface area (Å²) in [6.45, 7) is 0. The molecule has 0 fully saturated rings. The van der Waals surface area contributed by atoms with Crippen LogP contribution in [0.3, 0.4) is 0 Å². The van der Waals surface area contributed by atoms with Gasteiger partial charge in [-0.25, -0.2) is 0 Å². The minimum atomic E-state index is 0.830. The lowest BCUT2D eigenvalue weighted by Gasteiger charge is -2.13. The Bertz CT molecular complexity index is 927. The molecule has 0 aliphatic rings. The maximum atomic E-state index is 4.36. The first-order valence-corrected chi connectivity index (χ1v) is 8.72. The van der Waals surface area contributed by atoms with Gasteiger partial charge in [-0.15, -0.1) is 10.2 Å².